The Labute approximate surface area is 107 Å². The van der Waals surface area contributed by atoms with E-state index in [1.807, 2.05) is 24.3 Å². The molecule has 2 aromatic rings. The number of hydrogen-bond donors (Lipinski definition) is 1. The Hall–Kier alpha value is -2.03. The van der Waals surface area contributed by atoms with Crippen LogP contribution in [0.25, 0.3) is 11.3 Å². The summed E-state index contributed by atoms with van der Waals surface area (Å²) in [5, 5.41) is 13.9. The molecule has 0 bridgehead atoms. The fourth-order valence-corrected chi connectivity index (χ4v) is 1.89. The van der Waals surface area contributed by atoms with Crippen LogP contribution in [0.4, 0.5) is 0 Å². The molecule has 0 atom stereocenters. The van der Waals surface area contributed by atoms with Crippen LogP contribution in [0.1, 0.15) is 24.7 Å². The van der Waals surface area contributed by atoms with Crippen LogP contribution in [-0.4, -0.2) is 10.3 Å². The van der Waals surface area contributed by atoms with Crippen LogP contribution in [0, 0.1) is 0 Å². The Balaban J connectivity index is 2.35. The number of allylic oxidation sites excluding steroid dienone is 1. The normalized spacial score (nSPS) is 10.5. The van der Waals surface area contributed by atoms with Crippen LogP contribution in [0.5, 0.6) is 5.75 Å². The lowest BCUT2D eigenvalue weighted by atomic mass is 10.0. The lowest BCUT2D eigenvalue weighted by Crippen LogP contribution is -1.84. The summed E-state index contributed by atoms with van der Waals surface area (Å²) in [5.41, 5.74) is 2.49. The number of benzene rings is 1. The Bertz CT molecular complexity index is 543. The molecular weight excluding hydrogens is 226 g/mol. The zero-order valence-corrected chi connectivity index (χ0v) is 10.5. The first kappa shape index (κ1) is 12.4. The number of nitrogens with zero attached hydrogens (tertiary/aromatic N) is 1. The van der Waals surface area contributed by atoms with Gasteiger partial charge in [0.2, 0.25) is 0 Å². The third-order valence-corrected chi connectivity index (χ3v) is 2.77. The Kier molecular flexibility index (Phi) is 3.82. The van der Waals surface area contributed by atoms with Crippen molar-refractivity contribution in [3.8, 4) is 17.0 Å². The number of aromatic hydroxyl groups is 1. The minimum Gasteiger partial charge on any atom is -0.507 e. The molecule has 2 rings (SSSR count). The minimum absolute atomic E-state index is 0.221. The molecule has 1 aromatic heterocycles. The standard InChI is InChI=1S/C15H17NO2/c1-3-5-11-7-8-15(17)13(9-11)14-10-12(6-4-2)18-16-14/h3,7-10,17H,1,4-6H2,2H3. The molecule has 1 N–H and O–H groups in total. The second-order valence-electron chi connectivity index (χ2n) is 4.27. The summed E-state index contributed by atoms with van der Waals surface area (Å²) in [6.07, 6.45) is 4.48. The topological polar surface area (TPSA) is 46.3 Å². The van der Waals surface area contributed by atoms with Crippen molar-refractivity contribution in [3.05, 3.63) is 48.2 Å². The number of phenols is 1. The average molecular weight is 243 g/mol. The van der Waals surface area contributed by atoms with Crippen molar-refractivity contribution in [1.82, 2.24) is 5.16 Å². The van der Waals surface area contributed by atoms with E-state index in [1.165, 1.54) is 0 Å². The first-order valence-electron chi connectivity index (χ1n) is 6.13. The van der Waals surface area contributed by atoms with Gasteiger partial charge in [-0.2, -0.15) is 0 Å². The predicted octanol–water partition coefficient (Wildman–Crippen LogP) is 3.73. The van der Waals surface area contributed by atoms with E-state index in [0.29, 0.717) is 11.3 Å². The molecule has 3 heteroatoms. The average Bonchev–Trinajstić information content (AvgIpc) is 2.81. The van der Waals surface area contributed by atoms with E-state index >= 15 is 0 Å². The molecule has 0 amide bonds. The molecule has 0 aliphatic heterocycles. The summed E-state index contributed by atoms with van der Waals surface area (Å²) in [7, 11) is 0. The van der Waals surface area contributed by atoms with Gasteiger partial charge >= 0.3 is 0 Å². The molecule has 0 saturated carbocycles. The highest BCUT2D eigenvalue weighted by Gasteiger charge is 2.10. The molecule has 1 heterocycles. The maximum Gasteiger partial charge on any atom is 0.137 e. The van der Waals surface area contributed by atoms with E-state index in [9.17, 15) is 5.11 Å². The fraction of sp³-hybridized carbons (Fsp3) is 0.267. The van der Waals surface area contributed by atoms with Crippen LogP contribution in [0.15, 0.2) is 41.4 Å². The maximum atomic E-state index is 9.89. The summed E-state index contributed by atoms with van der Waals surface area (Å²) < 4.78 is 5.23. The SMILES string of the molecule is C=CCc1ccc(O)c(-c2cc(CCC)on2)c1. The van der Waals surface area contributed by atoms with Gasteiger partial charge in [0.25, 0.3) is 0 Å². The van der Waals surface area contributed by atoms with E-state index in [1.54, 1.807) is 6.07 Å². The first-order chi connectivity index (χ1) is 8.74. The Morgan fingerprint density at radius 3 is 2.94 bits per heavy atom. The van der Waals surface area contributed by atoms with Crippen molar-refractivity contribution in [1.29, 1.82) is 0 Å². The molecule has 0 radical (unpaired) electrons. The second-order valence-corrected chi connectivity index (χ2v) is 4.27. The highest BCUT2D eigenvalue weighted by Crippen LogP contribution is 2.30. The zero-order valence-electron chi connectivity index (χ0n) is 10.5. The summed E-state index contributed by atoms with van der Waals surface area (Å²) >= 11 is 0. The van der Waals surface area contributed by atoms with Gasteiger partial charge in [0.05, 0.1) is 0 Å². The number of rotatable bonds is 5. The molecule has 1 aromatic carbocycles. The van der Waals surface area contributed by atoms with Gasteiger partial charge in [-0.05, 0) is 30.5 Å². The van der Waals surface area contributed by atoms with Crippen molar-refractivity contribution in [2.45, 2.75) is 26.2 Å². The number of phenolic OH excluding ortho intramolecular Hbond substituents is 1. The Morgan fingerprint density at radius 2 is 2.22 bits per heavy atom. The van der Waals surface area contributed by atoms with Crippen molar-refractivity contribution in [3.63, 3.8) is 0 Å². The van der Waals surface area contributed by atoms with E-state index < -0.39 is 0 Å². The summed E-state index contributed by atoms with van der Waals surface area (Å²) in [4.78, 5) is 0. The van der Waals surface area contributed by atoms with Crippen LogP contribution < -0.4 is 0 Å². The van der Waals surface area contributed by atoms with Gasteiger partial charge in [0, 0.05) is 18.1 Å². The molecule has 94 valence electrons. The van der Waals surface area contributed by atoms with E-state index in [4.69, 9.17) is 4.52 Å². The molecule has 0 fully saturated rings. The predicted molar refractivity (Wildman–Crippen MR) is 71.5 cm³/mol. The first-order valence-corrected chi connectivity index (χ1v) is 6.13. The third kappa shape index (κ3) is 2.62. The smallest absolute Gasteiger partial charge is 0.137 e. The maximum absolute atomic E-state index is 9.89. The van der Waals surface area contributed by atoms with E-state index in [0.717, 1.165) is 30.6 Å². The van der Waals surface area contributed by atoms with Gasteiger partial charge in [-0.15, -0.1) is 6.58 Å². The number of aromatic nitrogens is 1. The van der Waals surface area contributed by atoms with Crippen LogP contribution in [-0.2, 0) is 12.8 Å². The molecular formula is C15H17NO2. The van der Waals surface area contributed by atoms with Gasteiger partial charge in [0.15, 0.2) is 0 Å². The van der Waals surface area contributed by atoms with E-state index in [-0.39, 0.29) is 5.75 Å². The second kappa shape index (κ2) is 5.54. The summed E-state index contributed by atoms with van der Waals surface area (Å²) in [6.45, 7) is 5.80. The van der Waals surface area contributed by atoms with Crippen LogP contribution >= 0.6 is 0 Å². The quantitative estimate of drug-likeness (QED) is 0.814. The van der Waals surface area contributed by atoms with Crippen molar-refractivity contribution in [2.75, 3.05) is 0 Å². The highest BCUT2D eigenvalue weighted by atomic mass is 16.5. The van der Waals surface area contributed by atoms with Gasteiger partial charge in [-0.25, -0.2) is 0 Å². The Morgan fingerprint density at radius 1 is 1.39 bits per heavy atom. The van der Waals surface area contributed by atoms with Gasteiger partial charge in [0.1, 0.15) is 17.2 Å². The largest absolute Gasteiger partial charge is 0.507 e. The zero-order chi connectivity index (χ0) is 13.0. The monoisotopic (exact) mass is 243 g/mol. The summed E-state index contributed by atoms with van der Waals surface area (Å²) in [6, 6.07) is 7.37. The molecule has 18 heavy (non-hydrogen) atoms. The molecule has 0 saturated heterocycles. The highest BCUT2D eigenvalue weighted by molar-refractivity contribution is 5.67. The van der Waals surface area contributed by atoms with Crippen molar-refractivity contribution >= 4 is 0 Å². The van der Waals surface area contributed by atoms with E-state index in [2.05, 4.69) is 18.7 Å². The van der Waals surface area contributed by atoms with Gasteiger partial charge < -0.3 is 9.63 Å². The lowest BCUT2D eigenvalue weighted by Gasteiger charge is -2.03. The molecule has 3 nitrogen and oxygen atoms in total. The van der Waals surface area contributed by atoms with Gasteiger partial charge in [-0.1, -0.05) is 24.2 Å². The number of hydrogen-bond acceptors (Lipinski definition) is 3. The minimum atomic E-state index is 0.221. The summed E-state index contributed by atoms with van der Waals surface area (Å²) in [5.74, 6) is 1.07. The van der Waals surface area contributed by atoms with Crippen LogP contribution in [0.3, 0.4) is 0 Å². The molecule has 0 spiro atoms. The van der Waals surface area contributed by atoms with Crippen LogP contribution in [0.2, 0.25) is 0 Å². The van der Waals surface area contributed by atoms with Crippen molar-refractivity contribution in [2.24, 2.45) is 0 Å². The fourth-order valence-electron chi connectivity index (χ4n) is 1.89. The molecule has 0 unspecified atom stereocenters. The lowest BCUT2D eigenvalue weighted by molar-refractivity contribution is 0.383. The molecule has 0 aliphatic carbocycles. The van der Waals surface area contributed by atoms with Gasteiger partial charge in [-0.3, -0.25) is 0 Å². The number of aryl methyl sites for hydroxylation is 1. The third-order valence-electron chi connectivity index (χ3n) is 2.77. The molecule has 0 aliphatic rings. The van der Waals surface area contributed by atoms with Crippen molar-refractivity contribution < 1.29 is 9.63 Å².